The number of benzene rings is 1. The Morgan fingerprint density at radius 2 is 1.90 bits per heavy atom. The van der Waals surface area contributed by atoms with Crippen LogP contribution in [0.5, 0.6) is 0 Å². The van der Waals surface area contributed by atoms with Crippen LogP contribution in [0, 0.1) is 17.3 Å². The molecule has 3 nitrogen and oxygen atoms in total. The summed E-state index contributed by atoms with van der Waals surface area (Å²) in [7, 11) is 0. The summed E-state index contributed by atoms with van der Waals surface area (Å²) in [6.07, 6.45) is 4.71. The lowest BCUT2D eigenvalue weighted by molar-refractivity contribution is -0.143. The van der Waals surface area contributed by atoms with Crippen molar-refractivity contribution in [2.24, 2.45) is 17.3 Å². The molecule has 2 atom stereocenters. The molecule has 3 heteroatoms. The van der Waals surface area contributed by atoms with E-state index < -0.39 is 0 Å². The Bertz CT molecular complexity index is 521. The lowest BCUT2D eigenvalue weighted by Crippen LogP contribution is -2.52. The van der Waals surface area contributed by atoms with Crippen molar-refractivity contribution in [3.05, 3.63) is 35.9 Å². The summed E-state index contributed by atoms with van der Waals surface area (Å²) in [5.41, 5.74) is 0.986. The summed E-state index contributed by atoms with van der Waals surface area (Å²) >= 11 is 0. The van der Waals surface area contributed by atoms with Crippen molar-refractivity contribution in [3.63, 3.8) is 0 Å². The molecule has 2 amide bonds. The highest BCUT2D eigenvalue weighted by molar-refractivity contribution is 5.99. The van der Waals surface area contributed by atoms with Gasteiger partial charge in [0.2, 0.25) is 11.8 Å². The van der Waals surface area contributed by atoms with Crippen molar-refractivity contribution in [3.8, 4) is 0 Å². The number of rotatable bonds is 4. The van der Waals surface area contributed by atoms with Gasteiger partial charge in [0.1, 0.15) is 0 Å². The number of amides is 2. The molecule has 106 valence electrons. The van der Waals surface area contributed by atoms with Gasteiger partial charge in [0.25, 0.3) is 0 Å². The van der Waals surface area contributed by atoms with Crippen molar-refractivity contribution in [2.45, 2.75) is 39.0 Å². The van der Waals surface area contributed by atoms with Crippen LogP contribution in [0.15, 0.2) is 30.3 Å². The summed E-state index contributed by atoms with van der Waals surface area (Å²) in [6.45, 7) is 2.12. The molecule has 1 aliphatic heterocycles. The van der Waals surface area contributed by atoms with E-state index in [9.17, 15) is 9.59 Å². The van der Waals surface area contributed by atoms with E-state index in [1.807, 2.05) is 18.2 Å². The fourth-order valence-corrected chi connectivity index (χ4v) is 3.46. The normalized spacial score (nSPS) is 30.1. The molecular weight excluding hydrogens is 250 g/mol. The highest BCUT2D eigenvalue weighted by atomic mass is 16.2. The zero-order valence-electron chi connectivity index (χ0n) is 11.9. The molecule has 0 radical (unpaired) electrons. The number of hydrogen-bond acceptors (Lipinski definition) is 2. The average Bonchev–Trinajstić information content (AvgIpc) is 3.18. The summed E-state index contributed by atoms with van der Waals surface area (Å²) in [5, 5.41) is 2.52. The average molecular weight is 271 g/mol. The van der Waals surface area contributed by atoms with Crippen LogP contribution < -0.4 is 5.32 Å². The van der Waals surface area contributed by atoms with E-state index in [4.69, 9.17) is 0 Å². The quantitative estimate of drug-likeness (QED) is 0.856. The predicted octanol–water partition coefficient (Wildman–Crippen LogP) is 2.70. The molecule has 3 rings (SSSR count). The fourth-order valence-electron chi connectivity index (χ4n) is 3.46. The van der Waals surface area contributed by atoms with E-state index in [0.29, 0.717) is 6.42 Å². The highest BCUT2D eigenvalue weighted by Crippen LogP contribution is 2.48. The van der Waals surface area contributed by atoms with Crippen LogP contribution in [0.3, 0.4) is 0 Å². The monoisotopic (exact) mass is 271 g/mol. The largest absolute Gasteiger partial charge is 0.296 e. The lowest BCUT2D eigenvalue weighted by atomic mass is 9.66. The number of carbonyl (C=O) groups excluding carboxylic acids is 2. The number of imide groups is 1. The van der Waals surface area contributed by atoms with Crippen molar-refractivity contribution in [2.75, 3.05) is 0 Å². The smallest absolute Gasteiger partial charge is 0.230 e. The number of hydrogen-bond donors (Lipinski definition) is 1. The zero-order chi connectivity index (χ0) is 14.2. The summed E-state index contributed by atoms with van der Waals surface area (Å²) < 4.78 is 0. The third-order valence-corrected chi connectivity index (χ3v) is 4.72. The van der Waals surface area contributed by atoms with Crippen LogP contribution in [-0.2, 0) is 16.0 Å². The van der Waals surface area contributed by atoms with Gasteiger partial charge in [-0.05, 0) is 29.7 Å². The van der Waals surface area contributed by atoms with Crippen LogP contribution in [0.1, 0.15) is 38.2 Å². The van der Waals surface area contributed by atoms with Gasteiger partial charge in [-0.15, -0.1) is 0 Å². The molecular formula is C17H21NO2. The first kappa shape index (κ1) is 13.3. The second kappa shape index (κ2) is 5.04. The third kappa shape index (κ3) is 2.77. The minimum atomic E-state index is -0.184. The van der Waals surface area contributed by atoms with Gasteiger partial charge in [-0.2, -0.15) is 0 Å². The Morgan fingerprint density at radius 3 is 2.55 bits per heavy atom. The van der Waals surface area contributed by atoms with E-state index >= 15 is 0 Å². The molecule has 0 bridgehead atoms. The molecule has 0 aromatic heterocycles. The summed E-state index contributed by atoms with van der Waals surface area (Å²) in [4.78, 5) is 24.1. The summed E-state index contributed by atoms with van der Waals surface area (Å²) in [5.74, 6) is 0.427. The van der Waals surface area contributed by atoms with Crippen molar-refractivity contribution in [1.29, 1.82) is 0 Å². The van der Waals surface area contributed by atoms with Crippen LogP contribution >= 0.6 is 0 Å². The predicted molar refractivity (Wildman–Crippen MR) is 76.9 cm³/mol. The van der Waals surface area contributed by atoms with Crippen LogP contribution in [0.2, 0.25) is 0 Å². The van der Waals surface area contributed by atoms with E-state index in [0.717, 1.165) is 18.8 Å². The van der Waals surface area contributed by atoms with Gasteiger partial charge >= 0.3 is 0 Å². The second-order valence-electron chi connectivity index (χ2n) is 6.63. The van der Waals surface area contributed by atoms with Gasteiger partial charge in [0.15, 0.2) is 0 Å². The van der Waals surface area contributed by atoms with Gasteiger partial charge in [0, 0.05) is 12.3 Å². The Kier molecular flexibility index (Phi) is 3.36. The first-order valence-corrected chi connectivity index (χ1v) is 7.44. The molecule has 1 N–H and O–H groups in total. The fraction of sp³-hybridized carbons (Fsp3) is 0.529. The molecule has 1 saturated heterocycles. The van der Waals surface area contributed by atoms with Crippen molar-refractivity contribution >= 4 is 11.8 Å². The highest BCUT2D eigenvalue weighted by Gasteiger charge is 2.47. The third-order valence-electron chi connectivity index (χ3n) is 4.72. The molecule has 1 aromatic rings. The summed E-state index contributed by atoms with van der Waals surface area (Å²) in [6, 6.07) is 10.1. The molecule has 20 heavy (non-hydrogen) atoms. The molecule has 1 saturated carbocycles. The Labute approximate surface area is 119 Å². The lowest BCUT2D eigenvalue weighted by Gasteiger charge is -2.40. The molecule has 0 spiro atoms. The zero-order valence-corrected chi connectivity index (χ0v) is 11.9. The van der Waals surface area contributed by atoms with E-state index in [1.165, 1.54) is 18.4 Å². The van der Waals surface area contributed by atoms with Crippen LogP contribution in [0.25, 0.3) is 0 Å². The Hall–Kier alpha value is -1.64. The SMILES string of the molecule is CC1(CC2CC2)CC(=O)NC(=O)C1Cc1ccccc1. The molecule has 1 aliphatic carbocycles. The number of carbonyl (C=O) groups is 2. The van der Waals surface area contributed by atoms with E-state index in [-0.39, 0.29) is 23.1 Å². The number of nitrogens with one attached hydrogen (secondary N) is 1. The maximum atomic E-state index is 12.3. The molecule has 2 aliphatic rings. The Morgan fingerprint density at radius 1 is 1.20 bits per heavy atom. The van der Waals surface area contributed by atoms with Gasteiger partial charge in [0.05, 0.1) is 0 Å². The maximum absolute atomic E-state index is 12.3. The van der Waals surface area contributed by atoms with Gasteiger partial charge in [-0.1, -0.05) is 50.1 Å². The van der Waals surface area contributed by atoms with Crippen LogP contribution in [0.4, 0.5) is 0 Å². The molecule has 2 fully saturated rings. The molecule has 1 aromatic carbocycles. The second-order valence-corrected chi connectivity index (χ2v) is 6.63. The van der Waals surface area contributed by atoms with E-state index in [1.54, 1.807) is 0 Å². The van der Waals surface area contributed by atoms with Gasteiger partial charge in [-0.25, -0.2) is 0 Å². The topological polar surface area (TPSA) is 46.2 Å². The standard InChI is InChI=1S/C17H21NO2/c1-17(10-13-7-8-13)11-15(19)18-16(20)14(17)9-12-5-3-2-4-6-12/h2-6,13-14H,7-11H2,1H3,(H,18,19,20). The first-order valence-electron chi connectivity index (χ1n) is 7.44. The first-order chi connectivity index (χ1) is 9.57. The van der Waals surface area contributed by atoms with Gasteiger partial charge < -0.3 is 0 Å². The maximum Gasteiger partial charge on any atom is 0.230 e. The van der Waals surface area contributed by atoms with Gasteiger partial charge in [-0.3, -0.25) is 14.9 Å². The number of piperidine rings is 1. The van der Waals surface area contributed by atoms with Crippen molar-refractivity contribution < 1.29 is 9.59 Å². The molecule has 2 unspecified atom stereocenters. The van der Waals surface area contributed by atoms with Crippen LogP contribution in [-0.4, -0.2) is 11.8 Å². The minimum absolute atomic E-state index is 0.0896. The molecule has 1 heterocycles. The van der Waals surface area contributed by atoms with E-state index in [2.05, 4.69) is 24.4 Å². The minimum Gasteiger partial charge on any atom is -0.296 e. The Balaban J connectivity index is 1.83. The van der Waals surface area contributed by atoms with Crippen molar-refractivity contribution in [1.82, 2.24) is 5.32 Å².